The molecular weight excluding hydrogens is 476 g/mol. The third kappa shape index (κ3) is 4.96. The van der Waals surface area contributed by atoms with E-state index < -0.39 is 16.1 Å². The highest BCUT2D eigenvalue weighted by atomic mass is 79.9. The lowest BCUT2D eigenvalue weighted by Crippen LogP contribution is -2.51. The molecule has 2 aromatic rings. The molecule has 0 bridgehead atoms. The van der Waals surface area contributed by atoms with Crippen LogP contribution in [0.25, 0.3) is 0 Å². The van der Waals surface area contributed by atoms with Crippen molar-refractivity contribution in [1.29, 1.82) is 0 Å². The summed E-state index contributed by atoms with van der Waals surface area (Å²) in [4.78, 5) is 27.3. The van der Waals surface area contributed by atoms with E-state index >= 15 is 0 Å². The van der Waals surface area contributed by atoms with Crippen molar-refractivity contribution in [2.75, 3.05) is 13.6 Å². The van der Waals surface area contributed by atoms with Gasteiger partial charge in [0.1, 0.15) is 6.04 Å². The van der Waals surface area contributed by atoms with E-state index in [1.165, 1.54) is 35.5 Å². The summed E-state index contributed by atoms with van der Waals surface area (Å²) in [6.07, 6.45) is 2.03. The fraction of sp³-hybridized carbons (Fsp3) is 0.400. The largest absolute Gasteiger partial charge is 0.339 e. The van der Waals surface area contributed by atoms with Crippen molar-refractivity contribution in [3.8, 4) is 0 Å². The maximum atomic E-state index is 13.2. The number of thiophene rings is 1. The summed E-state index contributed by atoms with van der Waals surface area (Å²) < 4.78 is 28.8. The molecule has 1 atom stereocenters. The van der Waals surface area contributed by atoms with E-state index in [1.807, 2.05) is 12.1 Å². The van der Waals surface area contributed by atoms with Gasteiger partial charge in [-0.25, -0.2) is 8.42 Å². The SMILES string of the molecule is CC(=O)c1ccc(S(=O)(=O)N2CCCCC2C(=O)N(C)Cc2ccc(Br)s2)cc1. The van der Waals surface area contributed by atoms with Crippen LogP contribution in [0.5, 0.6) is 0 Å². The molecule has 0 radical (unpaired) electrons. The van der Waals surface area contributed by atoms with E-state index in [-0.39, 0.29) is 16.6 Å². The molecule has 29 heavy (non-hydrogen) atoms. The third-order valence-corrected chi connectivity index (χ3v) is 8.54. The first-order valence-corrected chi connectivity index (χ1v) is 12.4. The molecule has 0 aliphatic carbocycles. The fourth-order valence-corrected chi connectivity index (χ4v) is 6.63. The molecule has 1 saturated heterocycles. The third-order valence-electron chi connectivity index (χ3n) is 5.00. The Morgan fingerprint density at radius 3 is 2.45 bits per heavy atom. The predicted octanol–water partition coefficient (Wildman–Crippen LogP) is 3.92. The van der Waals surface area contributed by atoms with Crippen LogP contribution in [-0.4, -0.2) is 48.9 Å². The molecule has 6 nitrogen and oxygen atoms in total. The summed E-state index contributed by atoms with van der Waals surface area (Å²) in [6, 6.07) is 9.07. The molecule has 2 heterocycles. The maximum Gasteiger partial charge on any atom is 0.243 e. The summed E-state index contributed by atoms with van der Waals surface area (Å²) >= 11 is 4.97. The Morgan fingerprint density at radius 1 is 1.17 bits per heavy atom. The number of carbonyl (C=O) groups is 2. The van der Waals surface area contributed by atoms with Gasteiger partial charge >= 0.3 is 0 Å². The number of sulfonamides is 1. The molecule has 0 N–H and O–H groups in total. The topological polar surface area (TPSA) is 74.8 Å². The molecule has 1 aromatic carbocycles. The molecular formula is C20H23BrN2O4S2. The minimum atomic E-state index is -3.83. The van der Waals surface area contributed by atoms with Gasteiger partial charge in [-0.1, -0.05) is 18.6 Å². The number of nitrogens with zero attached hydrogens (tertiary/aromatic N) is 2. The number of carbonyl (C=O) groups excluding carboxylic acids is 2. The number of piperidine rings is 1. The number of hydrogen-bond donors (Lipinski definition) is 0. The number of ketones is 1. The molecule has 0 spiro atoms. The van der Waals surface area contributed by atoms with Crippen LogP contribution < -0.4 is 0 Å². The normalized spacial score (nSPS) is 17.8. The van der Waals surface area contributed by atoms with Gasteiger partial charge in [0, 0.05) is 24.0 Å². The van der Waals surface area contributed by atoms with Gasteiger partial charge in [-0.2, -0.15) is 4.31 Å². The Hall–Kier alpha value is -1.55. The van der Waals surface area contributed by atoms with Gasteiger partial charge in [0.25, 0.3) is 0 Å². The van der Waals surface area contributed by atoms with Crippen molar-refractivity contribution in [3.05, 3.63) is 50.6 Å². The molecule has 1 fully saturated rings. The van der Waals surface area contributed by atoms with Gasteiger partial charge in [0.05, 0.1) is 15.2 Å². The Bertz CT molecular complexity index is 1000. The van der Waals surface area contributed by atoms with Crippen LogP contribution in [0.4, 0.5) is 0 Å². The van der Waals surface area contributed by atoms with Crippen molar-refractivity contribution in [3.63, 3.8) is 0 Å². The second-order valence-corrected chi connectivity index (χ2v) is 11.5. The summed E-state index contributed by atoms with van der Waals surface area (Å²) in [7, 11) is -2.13. The number of hydrogen-bond acceptors (Lipinski definition) is 5. The van der Waals surface area contributed by atoms with Gasteiger partial charge in [0.15, 0.2) is 5.78 Å². The van der Waals surface area contributed by atoms with Crippen LogP contribution in [0.15, 0.2) is 45.1 Å². The molecule has 1 unspecified atom stereocenters. The van der Waals surface area contributed by atoms with Crippen LogP contribution in [0.3, 0.4) is 0 Å². The van der Waals surface area contributed by atoms with E-state index in [2.05, 4.69) is 15.9 Å². The molecule has 1 aliphatic rings. The molecule has 1 amide bonds. The number of likely N-dealkylation sites (N-methyl/N-ethyl adjacent to an activating group) is 1. The summed E-state index contributed by atoms with van der Waals surface area (Å²) in [5.41, 5.74) is 0.456. The predicted molar refractivity (Wildman–Crippen MR) is 116 cm³/mol. The molecule has 3 rings (SSSR count). The zero-order chi connectivity index (χ0) is 21.2. The van der Waals surface area contributed by atoms with Crippen molar-refractivity contribution in [1.82, 2.24) is 9.21 Å². The van der Waals surface area contributed by atoms with Crippen molar-refractivity contribution in [2.24, 2.45) is 0 Å². The summed E-state index contributed by atoms with van der Waals surface area (Å²) in [5, 5.41) is 0. The lowest BCUT2D eigenvalue weighted by Gasteiger charge is -2.35. The Labute approximate surface area is 183 Å². The van der Waals surface area contributed by atoms with Crippen LogP contribution in [0.2, 0.25) is 0 Å². The van der Waals surface area contributed by atoms with Gasteiger partial charge in [-0.15, -0.1) is 11.3 Å². The highest BCUT2D eigenvalue weighted by Gasteiger charge is 2.38. The lowest BCUT2D eigenvalue weighted by atomic mass is 10.0. The second kappa shape index (κ2) is 9.07. The van der Waals surface area contributed by atoms with Gasteiger partial charge < -0.3 is 4.90 Å². The highest BCUT2D eigenvalue weighted by molar-refractivity contribution is 9.11. The Morgan fingerprint density at radius 2 is 1.86 bits per heavy atom. The van der Waals surface area contributed by atoms with Crippen LogP contribution in [0.1, 0.15) is 41.4 Å². The lowest BCUT2D eigenvalue weighted by molar-refractivity contribution is -0.135. The smallest absolute Gasteiger partial charge is 0.243 e. The van der Waals surface area contributed by atoms with Crippen LogP contribution in [0, 0.1) is 0 Å². The number of halogens is 1. The van der Waals surface area contributed by atoms with Crippen LogP contribution >= 0.6 is 27.3 Å². The fourth-order valence-electron chi connectivity index (χ4n) is 3.44. The molecule has 156 valence electrons. The zero-order valence-corrected chi connectivity index (χ0v) is 19.5. The first-order valence-electron chi connectivity index (χ1n) is 9.32. The quantitative estimate of drug-likeness (QED) is 0.565. The highest BCUT2D eigenvalue weighted by Crippen LogP contribution is 2.28. The van der Waals surface area contributed by atoms with Gasteiger partial charge in [-0.05, 0) is 60.0 Å². The van der Waals surface area contributed by atoms with E-state index in [0.29, 0.717) is 25.1 Å². The average molecular weight is 499 g/mol. The van der Waals surface area contributed by atoms with Crippen LogP contribution in [-0.2, 0) is 21.4 Å². The molecule has 0 saturated carbocycles. The van der Waals surface area contributed by atoms with Gasteiger partial charge in [-0.3, -0.25) is 9.59 Å². The van der Waals surface area contributed by atoms with E-state index in [1.54, 1.807) is 23.3 Å². The number of benzene rings is 1. The summed E-state index contributed by atoms with van der Waals surface area (Å²) in [6.45, 7) is 2.18. The number of amides is 1. The molecule has 1 aromatic heterocycles. The standard InChI is InChI=1S/C20H23BrN2O4S2/c1-14(24)15-6-9-17(10-7-15)29(26,27)23-12-4-3-5-18(23)20(25)22(2)13-16-8-11-19(21)28-16/h6-11,18H,3-5,12-13H2,1-2H3. The minimum absolute atomic E-state index is 0.104. The van der Waals surface area contributed by atoms with Gasteiger partial charge in [0.2, 0.25) is 15.9 Å². The molecule has 1 aliphatic heterocycles. The zero-order valence-electron chi connectivity index (χ0n) is 16.3. The Balaban J connectivity index is 1.82. The number of Topliss-reactive ketones (excluding diaryl/α,β-unsaturated/α-hetero) is 1. The number of rotatable bonds is 6. The molecule has 9 heteroatoms. The minimum Gasteiger partial charge on any atom is -0.339 e. The monoisotopic (exact) mass is 498 g/mol. The Kier molecular flexibility index (Phi) is 6.93. The van der Waals surface area contributed by atoms with E-state index in [0.717, 1.165) is 21.5 Å². The van der Waals surface area contributed by atoms with Crippen molar-refractivity contribution >= 4 is 49.0 Å². The van der Waals surface area contributed by atoms with Crippen molar-refractivity contribution < 1.29 is 18.0 Å². The van der Waals surface area contributed by atoms with Crippen molar-refractivity contribution in [2.45, 2.75) is 43.7 Å². The maximum absolute atomic E-state index is 13.2. The first-order chi connectivity index (χ1) is 13.7. The van der Waals surface area contributed by atoms with E-state index in [9.17, 15) is 18.0 Å². The van der Waals surface area contributed by atoms with E-state index in [4.69, 9.17) is 0 Å². The second-order valence-electron chi connectivity index (χ2n) is 7.11. The average Bonchev–Trinajstić information content (AvgIpc) is 3.12. The summed E-state index contributed by atoms with van der Waals surface area (Å²) in [5.74, 6) is -0.319. The first kappa shape index (κ1) is 22.1.